The largest absolute Gasteiger partial charge is 0.300 e. The van der Waals surface area contributed by atoms with Crippen LogP contribution in [0.25, 0.3) is 10.8 Å². The molecule has 2 aromatic rings. The van der Waals surface area contributed by atoms with Gasteiger partial charge in [-0.25, -0.2) is 0 Å². The second-order valence-corrected chi connectivity index (χ2v) is 4.09. The second-order valence-electron chi connectivity index (χ2n) is 4.09. The molecule has 2 nitrogen and oxygen atoms in total. The lowest BCUT2D eigenvalue weighted by Gasteiger charge is -2.05. The van der Waals surface area contributed by atoms with Crippen molar-refractivity contribution in [2.75, 3.05) is 0 Å². The molecule has 16 heavy (non-hydrogen) atoms. The van der Waals surface area contributed by atoms with E-state index in [1.54, 1.807) is 6.92 Å². The maximum atomic E-state index is 11.1. The summed E-state index contributed by atoms with van der Waals surface area (Å²) in [6, 6.07) is 6.18. The molecule has 0 amide bonds. The molecule has 0 aliphatic heterocycles. The Morgan fingerprint density at radius 2 is 2.12 bits per heavy atom. The van der Waals surface area contributed by atoms with Gasteiger partial charge in [-0.15, -0.1) is 0 Å². The molecule has 82 valence electrons. The number of ketones is 1. The first kappa shape index (κ1) is 10.8. The highest BCUT2D eigenvalue weighted by Gasteiger charge is 2.02. The minimum atomic E-state index is 0.193. The molecule has 2 heteroatoms. The monoisotopic (exact) mass is 213 g/mol. The lowest BCUT2D eigenvalue weighted by Crippen LogP contribution is -1.96. The minimum Gasteiger partial charge on any atom is -0.300 e. The predicted octanol–water partition coefficient (Wildman–Crippen LogP) is 2.93. The van der Waals surface area contributed by atoms with Gasteiger partial charge in [0.15, 0.2) is 0 Å². The number of carbonyl (C=O) groups excluding carboxylic acids is 1. The quantitative estimate of drug-likeness (QED) is 0.784. The molecule has 0 fully saturated rings. The molecule has 0 aliphatic rings. The van der Waals surface area contributed by atoms with E-state index in [1.807, 2.05) is 18.5 Å². The van der Waals surface area contributed by atoms with Crippen LogP contribution in [-0.4, -0.2) is 10.8 Å². The van der Waals surface area contributed by atoms with Crippen LogP contribution in [0.2, 0.25) is 0 Å². The van der Waals surface area contributed by atoms with Gasteiger partial charge in [-0.05, 0) is 35.9 Å². The molecule has 0 atom stereocenters. The molecule has 0 aliphatic carbocycles. The van der Waals surface area contributed by atoms with Crippen molar-refractivity contribution >= 4 is 16.6 Å². The van der Waals surface area contributed by atoms with E-state index in [4.69, 9.17) is 0 Å². The van der Waals surface area contributed by atoms with Crippen molar-refractivity contribution in [3.05, 3.63) is 41.7 Å². The SMILES string of the molecule is CCc1cncc2cc(CC(C)=O)ccc12. The van der Waals surface area contributed by atoms with Gasteiger partial charge >= 0.3 is 0 Å². The van der Waals surface area contributed by atoms with Crippen molar-refractivity contribution < 1.29 is 4.79 Å². The summed E-state index contributed by atoms with van der Waals surface area (Å²) < 4.78 is 0. The fourth-order valence-corrected chi connectivity index (χ4v) is 1.97. The Morgan fingerprint density at radius 3 is 2.81 bits per heavy atom. The van der Waals surface area contributed by atoms with Gasteiger partial charge < -0.3 is 0 Å². The van der Waals surface area contributed by atoms with E-state index in [0.29, 0.717) is 6.42 Å². The molecule has 0 N–H and O–H groups in total. The summed E-state index contributed by atoms with van der Waals surface area (Å²) in [6.07, 6.45) is 5.26. The van der Waals surface area contributed by atoms with E-state index in [1.165, 1.54) is 10.9 Å². The summed E-state index contributed by atoms with van der Waals surface area (Å²) >= 11 is 0. The maximum absolute atomic E-state index is 11.1. The van der Waals surface area contributed by atoms with E-state index in [9.17, 15) is 4.79 Å². The maximum Gasteiger partial charge on any atom is 0.134 e. The van der Waals surface area contributed by atoms with E-state index in [2.05, 4.69) is 24.0 Å². The van der Waals surface area contributed by atoms with Crippen molar-refractivity contribution in [3.63, 3.8) is 0 Å². The first-order valence-electron chi connectivity index (χ1n) is 5.55. The van der Waals surface area contributed by atoms with Gasteiger partial charge in [-0.1, -0.05) is 19.1 Å². The molecule has 0 saturated heterocycles. The third-order valence-electron chi connectivity index (χ3n) is 2.74. The Morgan fingerprint density at radius 1 is 1.31 bits per heavy atom. The summed E-state index contributed by atoms with van der Waals surface area (Å²) in [4.78, 5) is 15.3. The summed E-state index contributed by atoms with van der Waals surface area (Å²) in [5.74, 6) is 0.193. The smallest absolute Gasteiger partial charge is 0.134 e. The number of carbonyl (C=O) groups is 1. The van der Waals surface area contributed by atoms with Crippen molar-refractivity contribution in [1.82, 2.24) is 4.98 Å². The van der Waals surface area contributed by atoms with E-state index in [0.717, 1.165) is 17.4 Å². The zero-order valence-corrected chi connectivity index (χ0v) is 9.66. The van der Waals surface area contributed by atoms with E-state index in [-0.39, 0.29) is 5.78 Å². The van der Waals surface area contributed by atoms with Crippen LogP contribution in [0, 0.1) is 0 Å². The first-order chi connectivity index (χ1) is 7.70. The highest BCUT2D eigenvalue weighted by molar-refractivity contribution is 5.87. The van der Waals surface area contributed by atoms with Gasteiger partial charge in [0.05, 0.1) is 0 Å². The van der Waals surface area contributed by atoms with Crippen LogP contribution in [0.3, 0.4) is 0 Å². The third-order valence-corrected chi connectivity index (χ3v) is 2.74. The molecule has 0 unspecified atom stereocenters. The van der Waals surface area contributed by atoms with E-state index < -0.39 is 0 Å². The number of Topliss-reactive ketones (excluding diaryl/α,β-unsaturated/α-hetero) is 1. The Labute approximate surface area is 95.3 Å². The fraction of sp³-hybridized carbons (Fsp3) is 0.286. The van der Waals surface area contributed by atoms with Crippen molar-refractivity contribution in [1.29, 1.82) is 0 Å². The summed E-state index contributed by atoms with van der Waals surface area (Å²) in [5, 5.41) is 2.36. The highest BCUT2D eigenvalue weighted by Crippen LogP contribution is 2.19. The zero-order valence-electron chi connectivity index (χ0n) is 9.66. The average Bonchev–Trinajstić information content (AvgIpc) is 2.27. The molecule has 0 bridgehead atoms. The van der Waals surface area contributed by atoms with Crippen LogP contribution in [0.1, 0.15) is 25.0 Å². The van der Waals surface area contributed by atoms with Crippen molar-refractivity contribution in [2.45, 2.75) is 26.7 Å². The zero-order chi connectivity index (χ0) is 11.5. The number of pyridine rings is 1. The molecule has 1 heterocycles. The fourth-order valence-electron chi connectivity index (χ4n) is 1.97. The van der Waals surface area contributed by atoms with Crippen LogP contribution >= 0.6 is 0 Å². The Bertz CT molecular complexity index is 531. The molecule has 0 radical (unpaired) electrons. The Kier molecular flexibility index (Phi) is 3.00. The van der Waals surface area contributed by atoms with Gasteiger partial charge in [-0.3, -0.25) is 9.78 Å². The molecule has 1 aromatic heterocycles. The summed E-state index contributed by atoms with van der Waals surface area (Å²) in [5.41, 5.74) is 2.32. The number of fused-ring (bicyclic) bond motifs is 1. The third kappa shape index (κ3) is 2.11. The molecule has 0 spiro atoms. The normalized spacial score (nSPS) is 10.6. The first-order valence-corrected chi connectivity index (χ1v) is 5.55. The number of rotatable bonds is 3. The molecular weight excluding hydrogens is 198 g/mol. The topological polar surface area (TPSA) is 30.0 Å². The number of aryl methyl sites for hydroxylation is 1. The van der Waals surface area contributed by atoms with Crippen molar-refractivity contribution in [2.24, 2.45) is 0 Å². The van der Waals surface area contributed by atoms with Gasteiger partial charge in [-0.2, -0.15) is 0 Å². The predicted molar refractivity (Wildman–Crippen MR) is 65.5 cm³/mol. The van der Waals surface area contributed by atoms with Crippen LogP contribution in [0.15, 0.2) is 30.6 Å². The van der Waals surface area contributed by atoms with Crippen molar-refractivity contribution in [3.8, 4) is 0 Å². The van der Waals surface area contributed by atoms with Gasteiger partial charge in [0.25, 0.3) is 0 Å². The van der Waals surface area contributed by atoms with Gasteiger partial charge in [0, 0.05) is 24.2 Å². The highest BCUT2D eigenvalue weighted by atomic mass is 16.1. The number of aromatic nitrogens is 1. The number of hydrogen-bond acceptors (Lipinski definition) is 2. The lowest BCUT2D eigenvalue weighted by molar-refractivity contribution is -0.116. The van der Waals surface area contributed by atoms with E-state index >= 15 is 0 Å². The molecule has 0 saturated carbocycles. The Balaban J connectivity index is 2.51. The molecular formula is C14H15NO. The second kappa shape index (κ2) is 4.44. The number of nitrogens with zero attached hydrogens (tertiary/aromatic N) is 1. The summed E-state index contributed by atoms with van der Waals surface area (Å²) in [7, 11) is 0. The Hall–Kier alpha value is -1.70. The standard InChI is InChI=1S/C14H15NO/c1-3-12-8-15-9-13-7-11(6-10(2)16)4-5-14(12)13/h4-5,7-9H,3,6H2,1-2H3. The van der Waals surface area contributed by atoms with Gasteiger partial charge in [0.2, 0.25) is 0 Å². The lowest BCUT2D eigenvalue weighted by atomic mass is 10.0. The minimum absolute atomic E-state index is 0.193. The number of benzene rings is 1. The molecule has 2 rings (SSSR count). The van der Waals surface area contributed by atoms with Crippen LogP contribution in [0.5, 0.6) is 0 Å². The number of hydrogen-bond donors (Lipinski definition) is 0. The van der Waals surface area contributed by atoms with Crippen LogP contribution in [0.4, 0.5) is 0 Å². The van der Waals surface area contributed by atoms with Crippen LogP contribution in [-0.2, 0) is 17.6 Å². The average molecular weight is 213 g/mol. The van der Waals surface area contributed by atoms with Gasteiger partial charge in [0.1, 0.15) is 5.78 Å². The summed E-state index contributed by atoms with van der Waals surface area (Å²) in [6.45, 7) is 3.74. The van der Waals surface area contributed by atoms with Crippen LogP contribution < -0.4 is 0 Å². The molecule has 1 aromatic carbocycles.